The Labute approximate surface area is 146 Å². The zero-order chi connectivity index (χ0) is 16.4. The molecule has 2 aliphatic heterocycles. The minimum Gasteiger partial charge on any atom is -0.479 e. The van der Waals surface area contributed by atoms with Crippen molar-refractivity contribution in [1.29, 1.82) is 0 Å². The van der Waals surface area contributed by atoms with E-state index in [0.29, 0.717) is 12.2 Å². The van der Waals surface area contributed by atoms with Crippen molar-refractivity contribution in [3.8, 4) is 0 Å². The van der Waals surface area contributed by atoms with E-state index in [1.54, 1.807) is 11.8 Å². The van der Waals surface area contributed by atoms with Gasteiger partial charge in [0, 0.05) is 5.75 Å². The largest absolute Gasteiger partial charge is 0.479 e. The van der Waals surface area contributed by atoms with E-state index in [4.69, 9.17) is 0 Å². The van der Waals surface area contributed by atoms with Gasteiger partial charge in [0.05, 0.1) is 10.9 Å². The number of amides is 1. The highest BCUT2D eigenvalue weighted by Gasteiger charge is 2.47. The number of halogens is 1. The van der Waals surface area contributed by atoms with Crippen LogP contribution in [0.1, 0.15) is 18.0 Å². The van der Waals surface area contributed by atoms with E-state index in [1.165, 1.54) is 0 Å². The summed E-state index contributed by atoms with van der Waals surface area (Å²) >= 11 is 5.12. The van der Waals surface area contributed by atoms with Gasteiger partial charge in [-0.2, -0.15) is 11.8 Å². The number of carbonyl (C=O) groups excluding carboxylic acids is 1. The summed E-state index contributed by atoms with van der Waals surface area (Å²) in [5.41, 5.74) is 5.99. The minimum absolute atomic E-state index is 0.0642. The number of hydrazine groups is 1. The summed E-state index contributed by atoms with van der Waals surface area (Å²) in [6, 6.07) is 9.19. The van der Waals surface area contributed by atoms with Gasteiger partial charge in [-0.05, 0) is 17.7 Å². The number of nitrogens with one attached hydrogen (secondary N) is 3. The van der Waals surface area contributed by atoms with Crippen LogP contribution >= 0.6 is 27.7 Å². The third kappa shape index (κ3) is 3.26. The predicted octanol–water partition coefficient (Wildman–Crippen LogP) is 1.04. The summed E-state index contributed by atoms with van der Waals surface area (Å²) < 4.78 is 0. The Hall–Kier alpha value is -1.09. The molecule has 3 rings (SSSR count). The monoisotopic (exact) mass is 399 g/mol. The molecule has 4 N–H and O–H groups in total. The van der Waals surface area contributed by atoms with Crippen LogP contribution in [0.15, 0.2) is 30.3 Å². The zero-order valence-corrected chi connectivity index (χ0v) is 14.7. The van der Waals surface area contributed by atoms with Gasteiger partial charge in [-0.15, -0.1) is 0 Å². The number of alkyl halides is 1. The van der Waals surface area contributed by atoms with Crippen molar-refractivity contribution >= 4 is 39.6 Å². The number of benzene rings is 1. The Balaban J connectivity index is 1.70. The van der Waals surface area contributed by atoms with Crippen molar-refractivity contribution in [2.45, 2.75) is 28.9 Å². The van der Waals surface area contributed by atoms with Crippen LogP contribution in [-0.2, 0) is 9.59 Å². The molecule has 2 aliphatic rings. The summed E-state index contributed by atoms with van der Waals surface area (Å²) in [6.07, 6.45) is 0.452. The number of hydrogen-bond donors (Lipinski definition) is 4. The van der Waals surface area contributed by atoms with E-state index in [-0.39, 0.29) is 16.8 Å². The van der Waals surface area contributed by atoms with E-state index in [9.17, 15) is 14.7 Å². The molecule has 4 unspecified atom stereocenters. The maximum Gasteiger partial charge on any atom is 0.330 e. The SMILES string of the molecule is O=C(NC1(C(=O)O)CCSC1)C1NNC(c2ccccc2)C1Br. The van der Waals surface area contributed by atoms with E-state index in [2.05, 4.69) is 32.1 Å². The number of carboxylic acid groups (broad SMARTS) is 1. The lowest BCUT2D eigenvalue weighted by Crippen LogP contribution is -2.59. The number of hydrogen-bond acceptors (Lipinski definition) is 5. The molecule has 0 saturated carbocycles. The van der Waals surface area contributed by atoms with Crippen LogP contribution in [0.4, 0.5) is 0 Å². The van der Waals surface area contributed by atoms with Crippen molar-refractivity contribution in [2.75, 3.05) is 11.5 Å². The van der Waals surface area contributed by atoms with E-state index >= 15 is 0 Å². The smallest absolute Gasteiger partial charge is 0.330 e. The molecule has 1 amide bonds. The second-order valence-electron chi connectivity index (χ2n) is 5.78. The molecule has 6 nitrogen and oxygen atoms in total. The molecule has 1 aromatic carbocycles. The maximum absolute atomic E-state index is 12.6. The first-order chi connectivity index (χ1) is 11.0. The fourth-order valence-electron chi connectivity index (χ4n) is 2.87. The maximum atomic E-state index is 12.6. The highest BCUT2D eigenvalue weighted by molar-refractivity contribution is 9.09. The van der Waals surface area contributed by atoms with Crippen LogP contribution in [0, 0.1) is 0 Å². The molecule has 2 heterocycles. The van der Waals surface area contributed by atoms with E-state index < -0.39 is 17.6 Å². The zero-order valence-electron chi connectivity index (χ0n) is 12.3. The molecule has 124 valence electrons. The van der Waals surface area contributed by atoms with Crippen LogP contribution in [0.3, 0.4) is 0 Å². The fraction of sp³-hybridized carbons (Fsp3) is 0.467. The number of carbonyl (C=O) groups is 2. The van der Waals surface area contributed by atoms with Gasteiger partial charge >= 0.3 is 5.97 Å². The predicted molar refractivity (Wildman–Crippen MR) is 92.4 cm³/mol. The average molecular weight is 400 g/mol. The Kier molecular flexibility index (Phi) is 4.96. The summed E-state index contributed by atoms with van der Waals surface area (Å²) in [7, 11) is 0. The van der Waals surface area contributed by atoms with Crippen LogP contribution in [-0.4, -0.2) is 44.9 Å². The van der Waals surface area contributed by atoms with Gasteiger partial charge in [-0.1, -0.05) is 46.3 Å². The molecule has 0 bridgehead atoms. The second-order valence-corrected chi connectivity index (χ2v) is 7.94. The van der Waals surface area contributed by atoms with Crippen molar-refractivity contribution in [2.24, 2.45) is 0 Å². The van der Waals surface area contributed by atoms with Gasteiger partial charge in [-0.3, -0.25) is 4.79 Å². The van der Waals surface area contributed by atoms with Crippen LogP contribution in [0.25, 0.3) is 0 Å². The number of aliphatic carboxylic acids is 1. The normalized spacial score (nSPS) is 33.5. The van der Waals surface area contributed by atoms with E-state index in [0.717, 1.165) is 11.3 Å². The molecule has 23 heavy (non-hydrogen) atoms. The standard InChI is InChI=1S/C15H18BrN3O3S/c16-10-11(9-4-2-1-3-5-9)18-19-12(10)13(20)17-15(14(21)22)6-7-23-8-15/h1-5,10-12,18-19H,6-8H2,(H,17,20)(H,21,22). The number of carboxylic acids is 1. The average Bonchev–Trinajstić information content (AvgIpc) is 3.16. The summed E-state index contributed by atoms with van der Waals surface area (Å²) in [6.45, 7) is 0. The molecule has 0 spiro atoms. The topological polar surface area (TPSA) is 90.5 Å². The Morgan fingerprint density at radius 1 is 1.30 bits per heavy atom. The lowest BCUT2D eigenvalue weighted by molar-refractivity contribution is -0.146. The first-order valence-electron chi connectivity index (χ1n) is 7.37. The minimum atomic E-state index is -1.15. The van der Waals surface area contributed by atoms with Crippen molar-refractivity contribution < 1.29 is 14.7 Å². The van der Waals surface area contributed by atoms with Crippen molar-refractivity contribution in [3.05, 3.63) is 35.9 Å². The van der Waals surface area contributed by atoms with Gasteiger partial charge in [0.25, 0.3) is 0 Å². The lowest BCUT2D eigenvalue weighted by atomic mass is 9.97. The molecule has 2 saturated heterocycles. The number of rotatable bonds is 4. The quantitative estimate of drug-likeness (QED) is 0.565. The van der Waals surface area contributed by atoms with Crippen LogP contribution in [0.5, 0.6) is 0 Å². The molecule has 8 heteroatoms. The second kappa shape index (κ2) is 6.80. The van der Waals surface area contributed by atoms with Gasteiger partial charge in [0.15, 0.2) is 0 Å². The first kappa shape index (κ1) is 16.8. The van der Waals surface area contributed by atoms with Crippen LogP contribution in [0.2, 0.25) is 0 Å². The first-order valence-corrected chi connectivity index (χ1v) is 9.44. The fourth-order valence-corrected chi connectivity index (χ4v) is 5.00. The summed E-state index contributed by atoms with van der Waals surface area (Å²) in [4.78, 5) is 24.0. The molecular formula is C15H18BrN3O3S. The highest BCUT2D eigenvalue weighted by atomic mass is 79.9. The molecular weight excluding hydrogens is 382 g/mol. The molecule has 0 aromatic heterocycles. The summed E-state index contributed by atoms with van der Waals surface area (Å²) in [5, 5.41) is 12.2. The molecule has 2 fully saturated rings. The molecule has 0 radical (unpaired) electrons. The highest BCUT2D eigenvalue weighted by Crippen LogP contribution is 2.31. The third-order valence-electron chi connectivity index (χ3n) is 4.27. The van der Waals surface area contributed by atoms with Gasteiger partial charge in [0.1, 0.15) is 11.6 Å². The molecule has 4 atom stereocenters. The molecule has 0 aliphatic carbocycles. The molecule has 1 aromatic rings. The third-order valence-corrected chi connectivity index (χ3v) is 6.51. The Morgan fingerprint density at radius 2 is 2.04 bits per heavy atom. The summed E-state index contributed by atoms with van der Waals surface area (Å²) in [5.74, 6) is -0.119. The Morgan fingerprint density at radius 3 is 2.65 bits per heavy atom. The van der Waals surface area contributed by atoms with Crippen molar-refractivity contribution in [1.82, 2.24) is 16.2 Å². The van der Waals surface area contributed by atoms with Gasteiger partial charge < -0.3 is 10.4 Å². The van der Waals surface area contributed by atoms with E-state index in [1.807, 2.05) is 30.3 Å². The van der Waals surface area contributed by atoms with Crippen LogP contribution < -0.4 is 16.2 Å². The van der Waals surface area contributed by atoms with Gasteiger partial charge in [-0.25, -0.2) is 15.6 Å². The van der Waals surface area contributed by atoms with Gasteiger partial charge in [0.2, 0.25) is 5.91 Å². The van der Waals surface area contributed by atoms with Crippen molar-refractivity contribution in [3.63, 3.8) is 0 Å². The lowest BCUT2D eigenvalue weighted by Gasteiger charge is -2.27. The number of thioether (sulfide) groups is 1. The Bertz CT molecular complexity index is 595.